The third kappa shape index (κ3) is 0.711. The molecule has 0 heterocycles. The fourth-order valence-corrected chi connectivity index (χ4v) is 4.84. The molecule has 5 rings (SSSR count). The molecule has 0 aromatic rings. The Hall–Kier alpha value is -0.440. The molecule has 0 amide bonds. The minimum atomic E-state index is 0.641. The molecule has 0 nitrogen and oxygen atoms in total. The maximum Gasteiger partial charge on any atom is 0.0267 e. The van der Waals surface area contributed by atoms with Gasteiger partial charge in [0, 0.05) is 5.92 Å². The average molecular weight is 174 g/mol. The van der Waals surface area contributed by atoms with Crippen molar-refractivity contribution >= 4 is 0 Å². The van der Waals surface area contributed by atoms with Crippen LogP contribution in [-0.4, -0.2) is 0 Å². The molecule has 0 radical (unpaired) electrons. The van der Waals surface area contributed by atoms with E-state index in [9.17, 15) is 0 Å². The topological polar surface area (TPSA) is 0 Å². The van der Waals surface area contributed by atoms with Crippen molar-refractivity contribution in [2.45, 2.75) is 26.7 Å². The first-order chi connectivity index (χ1) is 6.25. The minimum Gasteiger partial charge on any atom is -0.120 e. The van der Waals surface area contributed by atoms with E-state index in [1.54, 1.807) is 0 Å². The van der Waals surface area contributed by atoms with Crippen molar-refractivity contribution in [2.75, 3.05) is 0 Å². The van der Waals surface area contributed by atoms with E-state index in [0.717, 1.165) is 35.5 Å². The van der Waals surface area contributed by atoms with Crippen LogP contribution in [0.2, 0.25) is 0 Å². The van der Waals surface area contributed by atoms with Crippen LogP contribution >= 0.6 is 0 Å². The Morgan fingerprint density at radius 2 is 1.77 bits per heavy atom. The Balaban J connectivity index is 1.94. The van der Waals surface area contributed by atoms with Gasteiger partial charge < -0.3 is 0 Å². The van der Waals surface area contributed by atoms with Crippen LogP contribution < -0.4 is 0 Å². The summed E-state index contributed by atoms with van der Waals surface area (Å²) in [5.41, 5.74) is 0. The highest BCUT2D eigenvalue weighted by Gasteiger charge is 2.68. The second kappa shape index (κ2) is 2.32. The predicted molar refractivity (Wildman–Crippen MR) is 53.8 cm³/mol. The third-order valence-electron chi connectivity index (χ3n) is 5.05. The van der Waals surface area contributed by atoms with E-state index in [1.165, 1.54) is 12.8 Å². The van der Waals surface area contributed by atoms with Crippen molar-refractivity contribution < 1.29 is 0 Å². The van der Waals surface area contributed by atoms with Crippen LogP contribution in [-0.2, 0) is 0 Å². The van der Waals surface area contributed by atoms with Gasteiger partial charge in [0.15, 0.2) is 0 Å². The molecule has 0 aliphatic heterocycles. The van der Waals surface area contributed by atoms with Gasteiger partial charge in [-0.2, -0.15) is 0 Å². The van der Waals surface area contributed by atoms with Crippen LogP contribution in [0.5, 0.6) is 0 Å². The lowest BCUT2D eigenvalue weighted by atomic mass is 9.68. The molecule has 5 aliphatic carbocycles. The molecule has 4 bridgehead atoms. The molecule has 13 heavy (non-hydrogen) atoms. The minimum absolute atomic E-state index is 0.641. The number of terminal acetylenes is 1. The molecule has 0 aromatic heterocycles. The summed E-state index contributed by atoms with van der Waals surface area (Å²) < 4.78 is 0. The van der Waals surface area contributed by atoms with Gasteiger partial charge in [0.05, 0.1) is 0 Å². The molecular formula is C13H18. The zero-order chi connectivity index (χ0) is 9.16. The van der Waals surface area contributed by atoms with Gasteiger partial charge in [0.1, 0.15) is 0 Å². The van der Waals surface area contributed by atoms with Crippen LogP contribution in [0.1, 0.15) is 26.7 Å². The standard InChI is InChI=1S/C13H18/c1-4-8-11(7(2)3)13-9-5-6-10(13)12(8)9/h1,7-13H,5-6H2,2-3H3. The molecule has 0 heteroatoms. The normalized spacial score (nSPS) is 56.5. The predicted octanol–water partition coefficient (Wildman–Crippen LogP) is 2.79. The molecule has 5 aliphatic rings. The van der Waals surface area contributed by atoms with Crippen molar-refractivity contribution in [3.63, 3.8) is 0 Å². The summed E-state index contributed by atoms with van der Waals surface area (Å²) in [6, 6.07) is 0. The first kappa shape index (κ1) is 7.92. The molecule has 4 unspecified atom stereocenters. The van der Waals surface area contributed by atoms with Crippen LogP contribution in [0.3, 0.4) is 0 Å². The highest BCUT2D eigenvalue weighted by atomic mass is 14.7. The van der Waals surface area contributed by atoms with Gasteiger partial charge in [0.25, 0.3) is 0 Å². The molecule has 0 N–H and O–H groups in total. The largest absolute Gasteiger partial charge is 0.120 e. The molecule has 70 valence electrons. The van der Waals surface area contributed by atoms with Crippen LogP contribution in [0.15, 0.2) is 0 Å². The monoisotopic (exact) mass is 174 g/mol. The van der Waals surface area contributed by atoms with Gasteiger partial charge in [-0.1, -0.05) is 13.8 Å². The van der Waals surface area contributed by atoms with Gasteiger partial charge in [-0.15, -0.1) is 12.3 Å². The summed E-state index contributed by atoms with van der Waals surface area (Å²) in [7, 11) is 0. The lowest BCUT2D eigenvalue weighted by Crippen LogP contribution is -2.33. The zero-order valence-electron chi connectivity index (χ0n) is 8.53. The molecule has 0 saturated heterocycles. The van der Waals surface area contributed by atoms with Crippen molar-refractivity contribution in [3.05, 3.63) is 0 Å². The Morgan fingerprint density at radius 1 is 1.15 bits per heavy atom. The molecular weight excluding hydrogens is 156 g/mol. The maximum atomic E-state index is 5.68. The summed E-state index contributed by atoms with van der Waals surface area (Å²) in [5.74, 6) is 9.46. The maximum absolute atomic E-state index is 5.68. The first-order valence-corrected chi connectivity index (χ1v) is 5.72. The van der Waals surface area contributed by atoms with E-state index < -0.39 is 0 Å². The van der Waals surface area contributed by atoms with Crippen molar-refractivity contribution in [3.8, 4) is 12.3 Å². The molecule has 5 fully saturated rings. The van der Waals surface area contributed by atoms with E-state index >= 15 is 0 Å². The Labute approximate surface area is 81.1 Å². The molecule has 0 aromatic carbocycles. The highest BCUT2D eigenvalue weighted by Crippen LogP contribution is 2.72. The second-order valence-electron chi connectivity index (χ2n) is 5.57. The van der Waals surface area contributed by atoms with E-state index in [1.807, 2.05) is 0 Å². The van der Waals surface area contributed by atoms with Crippen molar-refractivity contribution in [1.82, 2.24) is 0 Å². The average Bonchev–Trinajstić information content (AvgIpc) is 2.78. The Kier molecular flexibility index (Phi) is 1.41. The van der Waals surface area contributed by atoms with Crippen molar-refractivity contribution in [2.24, 2.45) is 41.4 Å². The van der Waals surface area contributed by atoms with Gasteiger partial charge in [-0.05, 0) is 48.3 Å². The third-order valence-corrected chi connectivity index (χ3v) is 5.05. The summed E-state index contributed by atoms with van der Waals surface area (Å²) in [6.45, 7) is 4.71. The summed E-state index contributed by atoms with van der Waals surface area (Å²) in [5, 5.41) is 0. The smallest absolute Gasteiger partial charge is 0.0267 e. The summed E-state index contributed by atoms with van der Waals surface area (Å²) in [6.07, 6.45) is 8.66. The van der Waals surface area contributed by atoms with Crippen molar-refractivity contribution in [1.29, 1.82) is 0 Å². The van der Waals surface area contributed by atoms with Gasteiger partial charge in [-0.25, -0.2) is 0 Å². The number of hydrogen-bond acceptors (Lipinski definition) is 0. The second-order valence-corrected chi connectivity index (χ2v) is 5.57. The Morgan fingerprint density at radius 3 is 2.15 bits per heavy atom. The lowest BCUT2D eigenvalue weighted by Gasteiger charge is -2.36. The van der Waals surface area contributed by atoms with Gasteiger partial charge >= 0.3 is 0 Å². The van der Waals surface area contributed by atoms with E-state index in [2.05, 4.69) is 19.8 Å². The van der Waals surface area contributed by atoms with Crippen LogP contribution in [0, 0.1) is 53.8 Å². The van der Waals surface area contributed by atoms with Crippen LogP contribution in [0.4, 0.5) is 0 Å². The zero-order valence-corrected chi connectivity index (χ0v) is 8.53. The van der Waals surface area contributed by atoms with E-state index in [4.69, 9.17) is 6.42 Å². The first-order valence-electron chi connectivity index (χ1n) is 5.72. The molecule has 4 atom stereocenters. The quantitative estimate of drug-likeness (QED) is 0.536. The fraction of sp³-hybridized carbons (Fsp3) is 0.846. The van der Waals surface area contributed by atoms with E-state index in [-0.39, 0.29) is 0 Å². The molecule has 0 spiro atoms. The van der Waals surface area contributed by atoms with E-state index in [0.29, 0.717) is 5.92 Å². The van der Waals surface area contributed by atoms with Crippen LogP contribution in [0.25, 0.3) is 0 Å². The summed E-state index contributed by atoms with van der Waals surface area (Å²) >= 11 is 0. The summed E-state index contributed by atoms with van der Waals surface area (Å²) in [4.78, 5) is 0. The number of rotatable bonds is 1. The number of hydrogen-bond donors (Lipinski definition) is 0. The fourth-order valence-electron chi connectivity index (χ4n) is 4.84. The van der Waals surface area contributed by atoms with Gasteiger partial charge in [0.2, 0.25) is 0 Å². The Bertz CT molecular complexity index is 258. The number of fused-ring (bicyclic) bond motifs is 2. The molecule has 5 saturated carbocycles. The lowest BCUT2D eigenvalue weighted by molar-refractivity contribution is 0.106. The van der Waals surface area contributed by atoms with Gasteiger partial charge in [-0.3, -0.25) is 0 Å². The highest BCUT2D eigenvalue weighted by molar-refractivity contribution is 5.22. The SMILES string of the molecule is C#CC1C2C3CCC2C3C1C(C)C.